The van der Waals surface area contributed by atoms with E-state index in [9.17, 15) is 19.1 Å². The number of allylic oxidation sites excluding steroid dienone is 2. The van der Waals surface area contributed by atoms with E-state index in [1.807, 2.05) is 13.0 Å². The molecule has 0 unspecified atom stereocenters. The molecule has 1 aromatic rings. The van der Waals surface area contributed by atoms with Crippen LogP contribution >= 0.6 is 0 Å². The lowest BCUT2D eigenvalue weighted by Gasteiger charge is -2.31. The molecule has 0 bridgehead atoms. The normalized spacial score (nSPS) is 27.4. The van der Waals surface area contributed by atoms with Crippen molar-refractivity contribution in [2.24, 2.45) is 17.8 Å². The second-order valence-corrected chi connectivity index (χ2v) is 9.41. The Bertz CT molecular complexity index is 998. The Balaban J connectivity index is 1.52. The minimum absolute atomic E-state index is 0.00209. The Morgan fingerprint density at radius 1 is 1.21 bits per heavy atom. The van der Waals surface area contributed by atoms with E-state index in [2.05, 4.69) is 13.8 Å². The highest BCUT2D eigenvalue weighted by Gasteiger charge is 2.56. The van der Waals surface area contributed by atoms with Gasteiger partial charge >= 0.3 is 0 Å². The number of imide groups is 1. The first-order valence-electron chi connectivity index (χ1n) is 12.3. The summed E-state index contributed by atoms with van der Waals surface area (Å²) in [6, 6.07) is 4.43. The molecule has 2 amide bonds. The molecule has 3 aliphatic rings. The summed E-state index contributed by atoms with van der Waals surface area (Å²) in [6.07, 6.45) is 6.69. The van der Waals surface area contributed by atoms with Gasteiger partial charge in [0, 0.05) is 12.5 Å². The quantitative estimate of drug-likeness (QED) is 0.430. The second kappa shape index (κ2) is 9.80. The van der Waals surface area contributed by atoms with Gasteiger partial charge in [0.2, 0.25) is 11.8 Å². The molecular formula is C27H34FNO4. The van der Waals surface area contributed by atoms with Crippen LogP contribution in [0, 0.1) is 23.6 Å². The van der Waals surface area contributed by atoms with E-state index < -0.39 is 5.82 Å². The van der Waals surface area contributed by atoms with Gasteiger partial charge in [-0.15, -0.1) is 0 Å². The van der Waals surface area contributed by atoms with Crippen molar-refractivity contribution in [3.8, 4) is 5.75 Å². The highest BCUT2D eigenvalue weighted by Crippen LogP contribution is 2.50. The van der Waals surface area contributed by atoms with Crippen LogP contribution in [0.15, 0.2) is 34.9 Å². The van der Waals surface area contributed by atoms with E-state index in [0.717, 1.165) is 37.7 Å². The number of amides is 2. The van der Waals surface area contributed by atoms with E-state index in [4.69, 9.17) is 4.74 Å². The maximum absolute atomic E-state index is 13.7. The molecule has 5 nitrogen and oxygen atoms in total. The number of likely N-dealkylation sites (tertiary alicyclic amines) is 1. The number of phenolic OH excluding ortho intramolecular Hbond substituents is 1. The highest BCUT2D eigenvalue weighted by molar-refractivity contribution is 6.05. The summed E-state index contributed by atoms with van der Waals surface area (Å²) in [5.41, 5.74) is 4.45. The number of aromatic hydroxyl groups is 1. The molecule has 4 atom stereocenters. The van der Waals surface area contributed by atoms with E-state index in [1.54, 1.807) is 6.07 Å². The smallest absolute Gasteiger partial charge is 0.233 e. The van der Waals surface area contributed by atoms with Crippen molar-refractivity contribution >= 4 is 17.9 Å². The van der Waals surface area contributed by atoms with Crippen molar-refractivity contribution in [2.45, 2.75) is 65.4 Å². The van der Waals surface area contributed by atoms with E-state index in [-0.39, 0.29) is 41.4 Å². The molecule has 0 saturated carbocycles. The summed E-state index contributed by atoms with van der Waals surface area (Å²) in [4.78, 5) is 27.5. The Morgan fingerprint density at radius 3 is 2.67 bits per heavy atom. The lowest BCUT2D eigenvalue weighted by Crippen LogP contribution is -2.34. The summed E-state index contributed by atoms with van der Waals surface area (Å²) in [7, 11) is 0. The molecule has 1 N–H and O–H groups in total. The Morgan fingerprint density at radius 2 is 2.00 bits per heavy atom. The molecule has 2 aliphatic heterocycles. The minimum atomic E-state index is -0.622. The lowest BCUT2D eigenvalue weighted by molar-refractivity contribution is -0.140. The molecule has 0 spiro atoms. The monoisotopic (exact) mass is 455 g/mol. The average Bonchev–Trinajstić information content (AvgIpc) is 3.33. The summed E-state index contributed by atoms with van der Waals surface area (Å²) in [5, 5.41) is 9.42. The Kier molecular flexibility index (Phi) is 7.03. The van der Waals surface area contributed by atoms with Gasteiger partial charge in [-0.2, -0.15) is 0 Å². The third-order valence-corrected chi connectivity index (χ3v) is 7.50. The second-order valence-electron chi connectivity index (χ2n) is 9.41. The number of phenols is 1. The number of fused-ring (bicyclic) bond motifs is 3. The van der Waals surface area contributed by atoms with Crippen LogP contribution in [0.4, 0.5) is 4.39 Å². The van der Waals surface area contributed by atoms with Crippen molar-refractivity contribution < 1.29 is 23.8 Å². The first kappa shape index (κ1) is 23.7. The van der Waals surface area contributed by atoms with Crippen LogP contribution in [-0.2, 0) is 14.3 Å². The lowest BCUT2D eigenvalue weighted by atomic mass is 9.69. The molecule has 33 heavy (non-hydrogen) atoms. The number of carbonyl (C=O) groups excluding carboxylic acids is 2. The van der Waals surface area contributed by atoms with Crippen LogP contribution in [0.3, 0.4) is 0 Å². The van der Waals surface area contributed by atoms with Gasteiger partial charge in [-0.25, -0.2) is 4.39 Å². The number of hydrogen-bond acceptors (Lipinski definition) is 4. The van der Waals surface area contributed by atoms with Crippen LogP contribution in [0.5, 0.6) is 5.75 Å². The van der Waals surface area contributed by atoms with E-state index >= 15 is 0 Å². The van der Waals surface area contributed by atoms with Gasteiger partial charge < -0.3 is 9.84 Å². The van der Waals surface area contributed by atoms with Crippen LogP contribution in [0.1, 0.15) is 64.9 Å². The Hall–Kier alpha value is -2.47. The van der Waals surface area contributed by atoms with Crippen LogP contribution < -0.4 is 0 Å². The van der Waals surface area contributed by atoms with Crippen LogP contribution in [0.2, 0.25) is 0 Å². The van der Waals surface area contributed by atoms with Crippen molar-refractivity contribution in [3.05, 3.63) is 46.3 Å². The molecule has 0 aromatic heterocycles. The van der Waals surface area contributed by atoms with Gasteiger partial charge in [-0.1, -0.05) is 44.1 Å². The van der Waals surface area contributed by atoms with Gasteiger partial charge in [0.25, 0.3) is 0 Å². The third kappa shape index (κ3) is 4.37. The first-order chi connectivity index (χ1) is 15.9. The van der Waals surface area contributed by atoms with Crippen molar-refractivity contribution in [1.29, 1.82) is 0 Å². The summed E-state index contributed by atoms with van der Waals surface area (Å²) in [5.74, 6) is -1.49. The Labute approximate surface area is 195 Å². The van der Waals surface area contributed by atoms with Gasteiger partial charge in [-0.05, 0) is 61.8 Å². The maximum Gasteiger partial charge on any atom is 0.233 e. The van der Waals surface area contributed by atoms with E-state index in [1.165, 1.54) is 33.8 Å². The predicted molar refractivity (Wildman–Crippen MR) is 125 cm³/mol. The van der Waals surface area contributed by atoms with Gasteiger partial charge in [0.1, 0.15) is 0 Å². The number of halogens is 1. The van der Waals surface area contributed by atoms with Crippen molar-refractivity contribution in [3.63, 3.8) is 0 Å². The van der Waals surface area contributed by atoms with E-state index in [0.29, 0.717) is 19.6 Å². The summed E-state index contributed by atoms with van der Waals surface area (Å²) >= 11 is 0. The molecule has 178 valence electrons. The SMILES string of the molecule is CCCN1C(=O)[C@@H]2[C@@H](CC(CC)=C3[C@@H](CC/C(=C/c4ccc(O)c(F)c4)CC)OC[C@@H]32)C1=O. The largest absolute Gasteiger partial charge is 0.505 e. The molecule has 1 aromatic carbocycles. The number of hydrogen-bond donors (Lipinski definition) is 1. The standard InChI is InChI=1S/C27H34FNO4/c1-4-11-29-26(31)19-14-18(6-3)24-20(25(19)27(29)32)15-33-23(24)10-8-16(5-2)12-17-7-9-22(30)21(28)13-17/h7,9,12-13,19-20,23,25,30H,4-6,8,10-11,14-15H2,1-3H3/b16-12+/t19-,20+,23-,25-/m1/s1. The molecule has 0 radical (unpaired) electrons. The number of benzene rings is 1. The maximum atomic E-state index is 13.7. The number of carbonyl (C=O) groups is 2. The van der Waals surface area contributed by atoms with Crippen LogP contribution in [0.25, 0.3) is 6.08 Å². The minimum Gasteiger partial charge on any atom is -0.505 e. The molecule has 6 heteroatoms. The van der Waals surface area contributed by atoms with Crippen molar-refractivity contribution in [1.82, 2.24) is 4.90 Å². The fourth-order valence-corrected chi connectivity index (χ4v) is 5.84. The highest BCUT2D eigenvalue weighted by atomic mass is 19.1. The number of rotatable bonds is 8. The molecule has 4 rings (SSSR count). The topological polar surface area (TPSA) is 66.8 Å². The van der Waals surface area contributed by atoms with Gasteiger partial charge in [0.15, 0.2) is 11.6 Å². The molecule has 2 heterocycles. The predicted octanol–water partition coefficient (Wildman–Crippen LogP) is 5.24. The number of nitrogens with zero attached hydrogens (tertiary/aromatic N) is 1. The van der Waals surface area contributed by atoms with Gasteiger partial charge in [0.05, 0.1) is 24.5 Å². The molecular weight excluding hydrogens is 421 g/mol. The average molecular weight is 456 g/mol. The fraction of sp³-hybridized carbons (Fsp3) is 0.556. The van der Waals surface area contributed by atoms with Crippen molar-refractivity contribution in [2.75, 3.05) is 13.2 Å². The van der Waals surface area contributed by atoms with Crippen LogP contribution in [-0.4, -0.2) is 41.1 Å². The first-order valence-corrected chi connectivity index (χ1v) is 12.3. The zero-order valence-corrected chi connectivity index (χ0v) is 19.8. The summed E-state index contributed by atoms with van der Waals surface area (Å²) in [6.45, 7) is 7.19. The van der Waals surface area contributed by atoms with Gasteiger partial charge in [-0.3, -0.25) is 14.5 Å². The zero-order valence-electron chi connectivity index (χ0n) is 19.8. The molecule has 2 saturated heterocycles. The summed E-state index contributed by atoms with van der Waals surface area (Å²) < 4.78 is 20.0. The third-order valence-electron chi connectivity index (χ3n) is 7.50. The molecule has 2 fully saturated rings. The zero-order chi connectivity index (χ0) is 23.7. The molecule has 1 aliphatic carbocycles. The fourth-order valence-electron chi connectivity index (χ4n) is 5.84. The number of ether oxygens (including phenoxy) is 1.